The van der Waals surface area contributed by atoms with Crippen molar-refractivity contribution in [1.82, 2.24) is 5.32 Å². The van der Waals surface area contributed by atoms with Gasteiger partial charge in [-0.05, 0) is 38.0 Å². The molecule has 0 fully saturated rings. The Bertz CT molecular complexity index is 484. The zero-order valence-corrected chi connectivity index (χ0v) is 12.3. The molecule has 0 spiro atoms. The third kappa shape index (κ3) is 4.91. The molecule has 0 aromatic heterocycles. The number of carbonyl (C=O) groups excluding carboxylic acids is 1. The number of amides is 1. The average molecular weight is 278 g/mol. The minimum absolute atomic E-state index is 0.0428. The molecule has 0 radical (unpaired) electrons. The lowest BCUT2D eigenvalue weighted by atomic mass is 10.1. The number of nitrogens with zero attached hydrogens (tertiary/aromatic N) is 1. The standard InChI is InChI=1S/C15H22N2O3/c1-4-5-8-16-15(18)10-20-14-9-11(2)6-7-13(14)12(3)17-19/h6-7,9,19H,4-5,8,10H2,1-3H3,(H,16,18). The molecule has 0 bridgehead atoms. The quantitative estimate of drug-likeness (QED) is 0.348. The van der Waals surface area contributed by atoms with Crippen LogP contribution in [0.1, 0.15) is 37.8 Å². The number of hydrogen-bond donors (Lipinski definition) is 2. The number of ether oxygens (including phenoxy) is 1. The zero-order valence-electron chi connectivity index (χ0n) is 12.3. The van der Waals surface area contributed by atoms with E-state index in [0.717, 1.165) is 18.4 Å². The number of benzene rings is 1. The Labute approximate surface area is 119 Å². The summed E-state index contributed by atoms with van der Waals surface area (Å²) in [5.74, 6) is 0.399. The second-order valence-electron chi connectivity index (χ2n) is 4.68. The first kappa shape index (κ1) is 16.0. The van der Waals surface area contributed by atoms with Gasteiger partial charge in [-0.2, -0.15) is 0 Å². The summed E-state index contributed by atoms with van der Waals surface area (Å²) >= 11 is 0. The molecule has 5 heteroatoms. The third-order valence-electron chi connectivity index (χ3n) is 2.89. The lowest BCUT2D eigenvalue weighted by molar-refractivity contribution is -0.123. The summed E-state index contributed by atoms with van der Waals surface area (Å²) in [5.41, 5.74) is 2.15. The van der Waals surface area contributed by atoms with Gasteiger partial charge in [-0.3, -0.25) is 4.79 Å². The zero-order chi connectivity index (χ0) is 15.0. The highest BCUT2D eigenvalue weighted by Crippen LogP contribution is 2.21. The van der Waals surface area contributed by atoms with Crippen molar-refractivity contribution < 1.29 is 14.7 Å². The maximum Gasteiger partial charge on any atom is 0.257 e. The van der Waals surface area contributed by atoms with Crippen molar-refractivity contribution in [3.8, 4) is 5.75 Å². The first-order valence-electron chi connectivity index (χ1n) is 6.77. The summed E-state index contributed by atoms with van der Waals surface area (Å²) in [7, 11) is 0. The fourth-order valence-electron chi connectivity index (χ4n) is 1.70. The molecule has 0 heterocycles. The van der Waals surface area contributed by atoms with Gasteiger partial charge in [-0.25, -0.2) is 0 Å². The molecule has 2 N–H and O–H groups in total. The summed E-state index contributed by atoms with van der Waals surface area (Å²) in [5, 5.41) is 14.8. The van der Waals surface area contributed by atoms with E-state index in [1.54, 1.807) is 6.92 Å². The van der Waals surface area contributed by atoms with Crippen molar-refractivity contribution in [2.24, 2.45) is 5.16 Å². The highest BCUT2D eigenvalue weighted by atomic mass is 16.5. The molecular formula is C15H22N2O3. The molecule has 110 valence electrons. The maximum absolute atomic E-state index is 11.6. The van der Waals surface area contributed by atoms with E-state index in [-0.39, 0.29) is 12.5 Å². The van der Waals surface area contributed by atoms with Gasteiger partial charge in [0.25, 0.3) is 5.91 Å². The molecule has 1 aromatic rings. The van der Waals surface area contributed by atoms with E-state index in [9.17, 15) is 4.79 Å². The van der Waals surface area contributed by atoms with Crippen LogP contribution in [0.5, 0.6) is 5.75 Å². The second kappa shape index (κ2) is 8.19. The Morgan fingerprint density at radius 2 is 2.20 bits per heavy atom. The number of rotatable bonds is 7. The average Bonchev–Trinajstić information content (AvgIpc) is 2.44. The predicted molar refractivity (Wildman–Crippen MR) is 78.6 cm³/mol. The lowest BCUT2D eigenvalue weighted by Crippen LogP contribution is -2.29. The normalized spacial score (nSPS) is 11.2. The first-order valence-corrected chi connectivity index (χ1v) is 6.77. The van der Waals surface area contributed by atoms with E-state index in [2.05, 4.69) is 17.4 Å². The highest BCUT2D eigenvalue weighted by molar-refractivity contribution is 6.00. The largest absolute Gasteiger partial charge is 0.483 e. The monoisotopic (exact) mass is 278 g/mol. The Balaban J connectivity index is 2.67. The van der Waals surface area contributed by atoms with Crippen LogP contribution in [0.3, 0.4) is 0 Å². The summed E-state index contributed by atoms with van der Waals surface area (Å²) in [4.78, 5) is 11.6. The SMILES string of the molecule is CCCCNC(=O)COc1cc(C)ccc1C(C)=NO. The molecule has 0 unspecified atom stereocenters. The number of unbranched alkanes of at least 4 members (excludes halogenated alkanes) is 1. The van der Waals surface area contributed by atoms with E-state index in [1.165, 1.54) is 0 Å². The summed E-state index contributed by atoms with van der Waals surface area (Å²) < 4.78 is 5.53. The van der Waals surface area contributed by atoms with Gasteiger partial charge < -0.3 is 15.3 Å². The number of carbonyl (C=O) groups is 1. The van der Waals surface area contributed by atoms with Crippen LogP contribution in [-0.2, 0) is 4.79 Å². The van der Waals surface area contributed by atoms with Crippen molar-refractivity contribution in [2.75, 3.05) is 13.2 Å². The molecule has 0 atom stereocenters. The topological polar surface area (TPSA) is 70.9 Å². The molecule has 0 saturated carbocycles. The van der Waals surface area contributed by atoms with Gasteiger partial charge in [0, 0.05) is 12.1 Å². The van der Waals surface area contributed by atoms with Crippen molar-refractivity contribution in [2.45, 2.75) is 33.6 Å². The van der Waals surface area contributed by atoms with Crippen molar-refractivity contribution in [3.05, 3.63) is 29.3 Å². The van der Waals surface area contributed by atoms with Crippen molar-refractivity contribution in [3.63, 3.8) is 0 Å². The molecule has 1 amide bonds. The van der Waals surface area contributed by atoms with Crippen LogP contribution in [-0.4, -0.2) is 30.0 Å². The van der Waals surface area contributed by atoms with Crippen LogP contribution in [0.15, 0.2) is 23.4 Å². The Morgan fingerprint density at radius 1 is 1.45 bits per heavy atom. The molecule has 0 aliphatic heterocycles. The fraction of sp³-hybridized carbons (Fsp3) is 0.467. The summed E-state index contributed by atoms with van der Waals surface area (Å²) in [6.07, 6.45) is 1.99. The molecule has 0 aliphatic rings. The molecular weight excluding hydrogens is 256 g/mol. The molecule has 0 saturated heterocycles. The van der Waals surface area contributed by atoms with Gasteiger partial charge in [0.1, 0.15) is 5.75 Å². The molecule has 1 rings (SSSR count). The van der Waals surface area contributed by atoms with E-state index in [0.29, 0.717) is 23.6 Å². The molecule has 0 aliphatic carbocycles. The van der Waals surface area contributed by atoms with E-state index < -0.39 is 0 Å². The van der Waals surface area contributed by atoms with Crippen LogP contribution in [0.2, 0.25) is 0 Å². The summed E-state index contributed by atoms with van der Waals surface area (Å²) in [6, 6.07) is 5.54. The van der Waals surface area contributed by atoms with Crippen LogP contribution in [0.25, 0.3) is 0 Å². The Kier molecular flexibility index (Phi) is 6.56. The lowest BCUT2D eigenvalue weighted by Gasteiger charge is -2.11. The predicted octanol–water partition coefficient (Wildman–Crippen LogP) is 2.49. The van der Waals surface area contributed by atoms with Gasteiger partial charge in [0.05, 0.1) is 5.71 Å². The molecule has 1 aromatic carbocycles. The van der Waals surface area contributed by atoms with Crippen LogP contribution in [0.4, 0.5) is 0 Å². The summed E-state index contributed by atoms with van der Waals surface area (Å²) in [6.45, 7) is 6.30. The van der Waals surface area contributed by atoms with Crippen molar-refractivity contribution >= 4 is 11.6 Å². The van der Waals surface area contributed by atoms with Crippen molar-refractivity contribution in [1.29, 1.82) is 0 Å². The first-order chi connectivity index (χ1) is 9.58. The highest BCUT2D eigenvalue weighted by Gasteiger charge is 2.10. The smallest absolute Gasteiger partial charge is 0.257 e. The van der Waals surface area contributed by atoms with Crippen LogP contribution in [0, 0.1) is 6.92 Å². The van der Waals surface area contributed by atoms with E-state index in [4.69, 9.17) is 9.94 Å². The number of hydrogen-bond acceptors (Lipinski definition) is 4. The second-order valence-corrected chi connectivity index (χ2v) is 4.68. The minimum atomic E-state index is -0.149. The van der Waals surface area contributed by atoms with Gasteiger partial charge in [-0.1, -0.05) is 24.6 Å². The van der Waals surface area contributed by atoms with Gasteiger partial charge in [-0.15, -0.1) is 0 Å². The van der Waals surface area contributed by atoms with Gasteiger partial charge in [0.15, 0.2) is 6.61 Å². The van der Waals surface area contributed by atoms with Crippen LogP contribution < -0.4 is 10.1 Å². The number of nitrogens with one attached hydrogen (secondary N) is 1. The van der Waals surface area contributed by atoms with E-state index in [1.807, 2.05) is 25.1 Å². The number of aryl methyl sites for hydroxylation is 1. The van der Waals surface area contributed by atoms with Gasteiger partial charge in [0.2, 0.25) is 0 Å². The maximum atomic E-state index is 11.6. The Hall–Kier alpha value is -2.04. The third-order valence-corrected chi connectivity index (χ3v) is 2.89. The van der Waals surface area contributed by atoms with Crippen LogP contribution >= 0.6 is 0 Å². The fourth-order valence-corrected chi connectivity index (χ4v) is 1.70. The van der Waals surface area contributed by atoms with Gasteiger partial charge >= 0.3 is 0 Å². The molecule has 5 nitrogen and oxygen atoms in total. The molecule has 20 heavy (non-hydrogen) atoms. The van der Waals surface area contributed by atoms with E-state index >= 15 is 0 Å². The minimum Gasteiger partial charge on any atom is -0.483 e. The number of oxime groups is 1. The Morgan fingerprint density at radius 3 is 2.85 bits per heavy atom.